The van der Waals surface area contributed by atoms with Crippen LogP contribution in [0.1, 0.15) is 30.9 Å². The average molecular weight is 293 g/mol. The van der Waals surface area contributed by atoms with Gasteiger partial charge in [-0.1, -0.05) is 28.9 Å². The summed E-state index contributed by atoms with van der Waals surface area (Å²) in [5, 5.41) is 4.18. The number of aromatic nitrogens is 1. The molecule has 1 aromatic carbocycles. The van der Waals surface area contributed by atoms with Crippen molar-refractivity contribution in [1.29, 1.82) is 0 Å². The molecule has 2 aliphatic carbocycles. The number of hydrogen-bond donors (Lipinski definition) is 1. The van der Waals surface area contributed by atoms with Crippen molar-refractivity contribution in [2.45, 2.75) is 25.2 Å². The third-order valence-corrected chi connectivity index (χ3v) is 4.89. The highest BCUT2D eigenvalue weighted by Crippen LogP contribution is 2.58. The van der Waals surface area contributed by atoms with Crippen molar-refractivity contribution in [3.8, 4) is 11.1 Å². The van der Waals surface area contributed by atoms with Gasteiger partial charge >= 0.3 is 0 Å². The van der Waals surface area contributed by atoms with Crippen molar-refractivity contribution in [1.82, 2.24) is 5.16 Å². The second-order valence-corrected chi connectivity index (χ2v) is 6.24. The molecule has 2 unspecified atom stereocenters. The molecule has 0 spiro atoms. The topological polar surface area (TPSA) is 52.0 Å². The minimum atomic E-state index is -0.464. The fourth-order valence-corrected chi connectivity index (χ4v) is 3.67. The van der Waals surface area contributed by atoms with Gasteiger partial charge in [-0.3, -0.25) is 0 Å². The standard InChI is InChI=1S/C15H14ClFN2O/c16-11-3-1-2-10(13(11)17)12-14(19-20-15(12)18)9-5-7-4-8(7)6-9/h1-3,7-9H,4-6,18H2. The minimum Gasteiger partial charge on any atom is -0.367 e. The fraction of sp³-hybridized carbons (Fsp3) is 0.400. The fourth-order valence-electron chi connectivity index (χ4n) is 3.50. The quantitative estimate of drug-likeness (QED) is 0.901. The second-order valence-electron chi connectivity index (χ2n) is 5.83. The Labute approximate surface area is 120 Å². The molecule has 0 radical (unpaired) electrons. The van der Waals surface area contributed by atoms with Crippen LogP contribution >= 0.6 is 11.6 Å². The van der Waals surface area contributed by atoms with E-state index in [1.165, 1.54) is 12.5 Å². The van der Waals surface area contributed by atoms with E-state index in [-0.39, 0.29) is 10.9 Å². The molecule has 0 aliphatic heterocycles. The summed E-state index contributed by atoms with van der Waals surface area (Å²) in [6, 6.07) is 4.90. The van der Waals surface area contributed by atoms with Crippen molar-refractivity contribution < 1.29 is 8.91 Å². The Hall–Kier alpha value is -1.55. The van der Waals surface area contributed by atoms with E-state index >= 15 is 0 Å². The molecule has 0 bridgehead atoms. The lowest BCUT2D eigenvalue weighted by molar-refractivity contribution is 0.416. The summed E-state index contributed by atoms with van der Waals surface area (Å²) >= 11 is 5.86. The van der Waals surface area contributed by atoms with Gasteiger partial charge in [0.05, 0.1) is 16.3 Å². The molecule has 2 N–H and O–H groups in total. The van der Waals surface area contributed by atoms with Crippen molar-refractivity contribution in [3.05, 3.63) is 34.7 Å². The van der Waals surface area contributed by atoms with Crippen LogP contribution in [0.2, 0.25) is 5.02 Å². The number of anilines is 1. The van der Waals surface area contributed by atoms with Crippen LogP contribution in [0, 0.1) is 17.7 Å². The van der Waals surface area contributed by atoms with Crippen LogP contribution < -0.4 is 5.73 Å². The number of halogens is 2. The zero-order valence-corrected chi connectivity index (χ0v) is 11.5. The van der Waals surface area contributed by atoms with Crippen molar-refractivity contribution >= 4 is 17.5 Å². The first kappa shape index (κ1) is 12.2. The van der Waals surface area contributed by atoms with E-state index in [0.29, 0.717) is 17.0 Å². The zero-order chi connectivity index (χ0) is 13.9. The maximum atomic E-state index is 14.2. The molecule has 0 saturated heterocycles. The minimum absolute atomic E-state index is 0.0864. The molecule has 1 heterocycles. The third-order valence-electron chi connectivity index (χ3n) is 4.60. The van der Waals surface area contributed by atoms with E-state index in [9.17, 15) is 4.39 Å². The molecule has 2 fully saturated rings. The van der Waals surface area contributed by atoms with Crippen LogP contribution in [0.15, 0.2) is 22.7 Å². The predicted octanol–water partition coefficient (Wildman–Crippen LogP) is 4.23. The lowest BCUT2D eigenvalue weighted by atomic mass is 9.93. The van der Waals surface area contributed by atoms with Gasteiger partial charge in [0.15, 0.2) is 0 Å². The molecular formula is C15H14ClFN2O. The smallest absolute Gasteiger partial charge is 0.230 e. The van der Waals surface area contributed by atoms with E-state index < -0.39 is 5.82 Å². The lowest BCUT2D eigenvalue weighted by Gasteiger charge is -2.11. The van der Waals surface area contributed by atoms with Crippen LogP contribution in [-0.4, -0.2) is 5.16 Å². The number of fused-ring (bicyclic) bond motifs is 1. The average Bonchev–Trinajstić information content (AvgIpc) is 2.86. The monoisotopic (exact) mass is 292 g/mol. The third kappa shape index (κ3) is 1.74. The van der Waals surface area contributed by atoms with Crippen LogP contribution in [0.5, 0.6) is 0 Å². The Morgan fingerprint density at radius 2 is 2.00 bits per heavy atom. The molecule has 2 aliphatic rings. The highest BCUT2D eigenvalue weighted by molar-refractivity contribution is 6.31. The van der Waals surface area contributed by atoms with Gasteiger partial charge in [-0.2, -0.15) is 0 Å². The van der Waals surface area contributed by atoms with Gasteiger partial charge in [-0.05, 0) is 37.2 Å². The largest absolute Gasteiger partial charge is 0.367 e. The Morgan fingerprint density at radius 1 is 1.25 bits per heavy atom. The first-order valence-electron chi connectivity index (χ1n) is 6.84. The van der Waals surface area contributed by atoms with Gasteiger partial charge in [-0.25, -0.2) is 4.39 Å². The number of hydrogen-bond acceptors (Lipinski definition) is 3. The van der Waals surface area contributed by atoms with Crippen LogP contribution in [0.25, 0.3) is 11.1 Å². The molecule has 20 heavy (non-hydrogen) atoms. The van der Waals surface area contributed by atoms with E-state index in [1.54, 1.807) is 12.1 Å². The molecule has 2 aromatic rings. The van der Waals surface area contributed by atoms with Gasteiger partial charge in [0.1, 0.15) is 5.82 Å². The summed E-state index contributed by atoms with van der Waals surface area (Å²) in [7, 11) is 0. The van der Waals surface area contributed by atoms with E-state index in [4.69, 9.17) is 21.9 Å². The highest BCUT2D eigenvalue weighted by atomic mass is 35.5. The number of nitrogen functional groups attached to an aromatic ring is 1. The maximum Gasteiger partial charge on any atom is 0.230 e. The first-order valence-corrected chi connectivity index (χ1v) is 7.22. The maximum absolute atomic E-state index is 14.2. The summed E-state index contributed by atoms with van der Waals surface area (Å²) in [5.74, 6) is 1.66. The van der Waals surface area contributed by atoms with Crippen LogP contribution in [0.4, 0.5) is 10.3 Å². The van der Waals surface area contributed by atoms with E-state index in [2.05, 4.69) is 5.16 Å². The summed E-state index contributed by atoms with van der Waals surface area (Å²) in [6.45, 7) is 0. The SMILES string of the molecule is Nc1onc(C2CC3CC3C2)c1-c1cccc(Cl)c1F. The molecule has 1 aromatic heterocycles. The van der Waals surface area contributed by atoms with E-state index in [0.717, 1.165) is 30.4 Å². The molecule has 4 rings (SSSR count). The van der Waals surface area contributed by atoms with E-state index in [1.807, 2.05) is 0 Å². The second kappa shape index (κ2) is 4.22. The summed E-state index contributed by atoms with van der Waals surface area (Å²) in [6.07, 6.45) is 3.53. The Morgan fingerprint density at radius 3 is 2.75 bits per heavy atom. The number of rotatable bonds is 2. The highest BCUT2D eigenvalue weighted by Gasteiger charge is 2.47. The Balaban J connectivity index is 1.81. The van der Waals surface area contributed by atoms with Gasteiger partial charge in [0.25, 0.3) is 0 Å². The van der Waals surface area contributed by atoms with Gasteiger partial charge in [0, 0.05) is 11.5 Å². The molecule has 2 saturated carbocycles. The number of benzene rings is 1. The molecular weight excluding hydrogens is 279 g/mol. The zero-order valence-electron chi connectivity index (χ0n) is 10.8. The van der Waals surface area contributed by atoms with Crippen molar-refractivity contribution in [2.75, 3.05) is 5.73 Å². The van der Waals surface area contributed by atoms with Crippen molar-refractivity contribution in [3.63, 3.8) is 0 Å². The summed E-state index contributed by atoms with van der Waals surface area (Å²) in [4.78, 5) is 0. The number of nitrogens with zero attached hydrogens (tertiary/aromatic N) is 1. The Kier molecular flexibility index (Phi) is 2.58. The molecule has 3 nitrogen and oxygen atoms in total. The molecule has 2 atom stereocenters. The van der Waals surface area contributed by atoms with Gasteiger partial charge in [0.2, 0.25) is 5.88 Å². The Bertz CT molecular complexity index is 675. The molecule has 5 heteroatoms. The van der Waals surface area contributed by atoms with Crippen molar-refractivity contribution in [2.24, 2.45) is 11.8 Å². The van der Waals surface area contributed by atoms with Gasteiger partial charge < -0.3 is 10.3 Å². The van der Waals surface area contributed by atoms with Crippen LogP contribution in [0.3, 0.4) is 0 Å². The van der Waals surface area contributed by atoms with Crippen LogP contribution in [-0.2, 0) is 0 Å². The summed E-state index contributed by atoms with van der Waals surface area (Å²) in [5.41, 5.74) is 7.62. The number of nitrogens with two attached hydrogens (primary N) is 1. The molecule has 104 valence electrons. The first-order chi connectivity index (χ1) is 9.65. The summed E-state index contributed by atoms with van der Waals surface area (Å²) < 4.78 is 19.4. The normalized spacial score (nSPS) is 27.6. The van der Waals surface area contributed by atoms with Gasteiger partial charge in [-0.15, -0.1) is 0 Å². The lowest BCUT2D eigenvalue weighted by Crippen LogP contribution is -2.00. The molecule has 0 amide bonds. The predicted molar refractivity (Wildman–Crippen MR) is 74.9 cm³/mol.